The van der Waals surface area contributed by atoms with E-state index < -0.39 is 11.4 Å². The second kappa shape index (κ2) is 4.41. The van der Waals surface area contributed by atoms with E-state index >= 15 is 0 Å². The number of carbonyl (C=O) groups is 2. The summed E-state index contributed by atoms with van der Waals surface area (Å²) < 4.78 is 0. The average Bonchev–Trinajstić information content (AvgIpc) is 3.08. The van der Waals surface area contributed by atoms with E-state index in [0.717, 1.165) is 19.4 Å². The number of amides is 1. The molecule has 2 aliphatic rings. The molecule has 0 radical (unpaired) electrons. The van der Waals surface area contributed by atoms with Gasteiger partial charge in [-0.15, -0.1) is 0 Å². The molecule has 3 N–H and O–H groups in total. The van der Waals surface area contributed by atoms with Crippen LogP contribution in [-0.2, 0) is 9.59 Å². The molecule has 2 rings (SSSR count). The Kier molecular flexibility index (Phi) is 3.14. The number of aliphatic carboxylic acids is 1. The van der Waals surface area contributed by atoms with Gasteiger partial charge in [-0.1, -0.05) is 0 Å². The molecule has 90 valence electrons. The molecule has 16 heavy (non-hydrogen) atoms. The zero-order chi connectivity index (χ0) is 11.6. The van der Waals surface area contributed by atoms with Gasteiger partial charge in [0.25, 0.3) is 0 Å². The summed E-state index contributed by atoms with van der Waals surface area (Å²) in [6.07, 6.45) is 3.29. The van der Waals surface area contributed by atoms with E-state index in [4.69, 9.17) is 5.11 Å². The Hall–Kier alpha value is -1.10. The number of carboxylic acids is 1. The first-order chi connectivity index (χ1) is 7.64. The second-order valence-electron chi connectivity index (χ2n) is 4.85. The van der Waals surface area contributed by atoms with Crippen molar-refractivity contribution < 1.29 is 14.7 Å². The van der Waals surface area contributed by atoms with E-state index in [1.54, 1.807) is 0 Å². The predicted octanol–water partition coefficient (Wildman–Crippen LogP) is -0.0330. The highest BCUT2D eigenvalue weighted by molar-refractivity contribution is 5.82. The lowest BCUT2D eigenvalue weighted by atomic mass is 9.98. The summed E-state index contributed by atoms with van der Waals surface area (Å²) in [4.78, 5) is 22.7. The van der Waals surface area contributed by atoms with Crippen molar-refractivity contribution in [3.05, 3.63) is 0 Å². The lowest BCUT2D eigenvalue weighted by Crippen LogP contribution is -2.43. The van der Waals surface area contributed by atoms with Crippen LogP contribution in [0.1, 0.15) is 25.7 Å². The lowest BCUT2D eigenvalue weighted by molar-refractivity contribution is -0.143. The fourth-order valence-corrected chi connectivity index (χ4v) is 2.09. The lowest BCUT2D eigenvalue weighted by Gasteiger charge is -2.22. The van der Waals surface area contributed by atoms with Crippen LogP contribution in [0.3, 0.4) is 0 Å². The minimum atomic E-state index is -0.783. The van der Waals surface area contributed by atoms with Crippen molar-refractivity contribution in [3.8, 4) is 0 Å². The Bertz CT molecular complexity index is 294. The van der Waals surface area contributed by atoms with Gasteiger partial charge in [0, 0.05) is 13.1 Å². The molecule has 5 heteroatoms. The van der Waals surface area contributed by atoms with Crippen LogP contribution in [0, 0.1) is 11.3 Å². The number of carbonyl (C=O) groups excluding carboxylic acids is 1. The minimum absolute atomic E-state index is 0.000255. The second-order valence-corrected chi connectivity index (χ2v) is 4.85. The molecule has 1 aliphatic carbocycles. The van der Waals surface area contributed by atoms with Crippen molar-refractivity contribution in [2.75, 3.05) is 19.6 Å². The molecule has 1 amide bonds. The van der Waals surface area contributed by atoms with Gasteiger partial charge < -0.3 is 15.7 Å². The van der Waals surface area contributed by atoms with Crippen molar-refractivity contribution in [2.45, 2.75) is 25.7 Å². The fourth-order valence-electron chi connectivity index (χ4n) is 2.09. The highest BCUT2D eigenvalue weighted by atomic mass is 16.4. The van der Waals surface area contributed by atoms with Gasteiger partial charge >= 0.3 is 5.97 Å². The van der Waals surface area contributed by atoms with Crippen LogP contribution in [0.25, 0.3) is 0 Å². The molecule has 1 atom stereocenters. The van der Waals surface area contributed by atoms with Gasteiger partial charge in [-0.05, 0) is 32.2 Å². The molecular formula is C11H18N2O3. The smallest absolute Gasteiger partial charge is 0.311 e. The van der Waals surface area contributed by atoms with Gasteiger partial charge in [-0.25, -0.2) is 0 Å². The van der Waals surface area contributed by atoms with E-state index in [9.17, 15) is 9.59 Å². The van der Waals surface area contributed by atoms with E-state index in [2.05, 4.69) is 10.6 Å². The molecule has 2 fully saturated rings. The third-order valence-corrected chi connectivity index (χ3v) is 3.58. The average molecular weight is 226 g/mol. The number of hydrogen-bond acceptors (Lipinski definition) is 3. The number of carboxylic acid groups (broad SMARTS) is 1. The molecule has 0 aromatic carbocycles. The van der Waals surface area contributed by atoms with Crippen LogP contribution in [-0.4, -0.2) is 36.6 Å². The Balaban J connectivity index is 1.77. The van der Waals surface area contributed by atoms with Crippen molar-refractivity contribution >= 4 is 11.9 Å². The Labute approximate surface area is 94.6 Å². The van der Waals surface area contributed by atoms with E-state index in [-0.39, 0.29) is 18.4 Å². The maximum Gasteiger partial charge on any atom is 0.311 e. The molecule has 1 saturated heterocycles. The third kappa shape index (κ3) is 2.35. The molecule has 0 aromatic rings. The number of rotatable bonds is 4. The quantitative estimate of drug-likeness (QED) is 0.629. The molecule has 1 aliphatic heterocycles. The predicted molar refractivity (Wildman–Crippen MR) is 57.9 cm³/mol. The molecule has 0 aromatic heterocycles. The molecule has 1 unspecified atom stereocenters. The van der Waals surface area contributed by atoms with Crippen LogP contribution in [0.2, 0.25) is 0 Å². The molecule has 1 saturated carbocycles. The van der Waals surface area contributed by atoms with Gasteiger partial charge in [-0.3, -0.25) is 9.59 Å². The summed E-state index contributed by atoms with van der Waals surface area (Å²) in [5.74, 6) is -0.771. The summed E-state index contributed by atoms with van der Waals surface area (Å²) in [7, 11) is 0. The fraction of sp³-hybridized carbons (Fsp3) is 0.818. The maximum atomic E-state index is 11.8. The van der Waals surface area contributed by atoms with Crippen LogP contribution in [0.5, 0.6) is 0 Å². The molecule has 1 heterocycles. The summed E-state index contributed by atoms with van der Waals surface area (Å²) in [6.45, 7) is 1.98. The van der Waals surface area contributed by atoms with E-state index in [1.807, 2.05) is 0 Å². The molecular weight excluding hydrogens is 208 g/mol. The van der Waals surface area contributed by atoms with Crippen LogP contribution < -0.4 is 10.6 Å². The summed E-state index contributed by atoms with van der Waals surface area (Å²) in [5, 5.41) is 14.9. The summed E-state index contributed by atoms with van der Waals surface area (Å²) in [6, 6.07) is 0. The SMILES string of the molecule is O=C(NCC1(C(=O)O)CC1)C1CCCNC1. The van der Waals surface area contributed by atoms with Crippen LogP contribution in [0.4, 0.5) is 0 Å². The molecule has 5 nitrogen and oxygen atoms in total. The topological polar surface area (TPSA) is 78.4 Å². The summed E-state index contributed by atoms with van der Waals surface area (Å²) >= 11 is 0. The van der Waals surface area contributed by atoms with E-state index in [1.165, 1.54) is 0 Å². The largest absolute Gasteiger partial charge is 0.481 e. The first-order valence-corrected chi connectivity index (χ1v) is 5.86. The Morgan fingerprint density at radius 3 is 2.69 bits per heavy atom. The van der Waals surface area contributed by atoms with Crippen molar-refractivity contribution in [3.63, 3.8) is 0 Å². The zero-order valence-corrected chi connectivity index (χ0v) is 9.29. The number of hydrogen-bond donors (Lipinski definition) is 3. The molecule has 0 bridgehead atoms. The van der Waals surface area contributed by atoms with Crippen molar-refractivity contribution in [1.82, 2.24) is 10.6 Å². The zero-order valence-electron chi connectivity index (χ0n) is 9.29. The van der Waals surface area contributed by atoms with Gasteiger partial charge in [0.2, 0.25) is 5.91 Å². The Morgan fingerprint density at radius 2 is 2.19 bits per heavy atom. The minimum Gasteiger partial charge on any atom is -0.481 e. The van der Waals surface area contributed by atoms with Gasteiger partial charge in [0.1, 0.15) is 0 Å². The van der Waals surface area contributed by atoms with Gasteiger partial charge in [0.05, 0.1) is 11.3 Å². The third-order valence-electron chi connectivity index (χ3n) is 3.58. The maximum absolute atomic E-state index is 11.8. The van der Waals surface area contributed by atoms with Gasteiger partial charge in [-0.2, -0.15) is 0 Å². The van der Waals surface area contributed by atoms with E-state index in [0.29, 0.717) is 19.4 Å². The normalized spacial score (nSPS) is 27.1. The first-order valence-electron chi connectivity index (χ1n) is 5.86. The molecule has 0 spiro atoms. The van der Waals surface area contributed by atoms with Gasteiger partial charge in [0.15, 0.2) is 0 Å². The highest BCUT2D eigenvalue weighted by Gasteiger charge is 2.50. The first kappa shape index (κ1) is 11.4. The van der Waals surface area contributed by atoms with Crippen LogP contribution in [0.15, 0.2) is 0 Å². The van der Waals surface area contributed by atoms with Crippen molar-refractivity contribution in [1.29, 1.82) is 0 Å². The number of nitrogens with one attached hydrogen (secondary N) is 2. The highest BCUT2D eigenvalue weighted by Crippen LogP contribution is 2.45. The Morgan fingerprint density at radius 1 is 1.44 bits per heavy atom. The standard InChI is InChI=1S/C11H18N2O3/c14-9(8-2-1-5-12-6-8)13-7-11(3-4-11)10(15)16/h8,12H,1-7H2,(H,13,14)(H,15,16). The number of piperidine rings is 1. The monoisotopic (exact) mass is 226 g/mol. The van der Waals surface area contributed by atoms with Crippen molar-refractivity contribution in [2.24, 2.45) is 11.3 Å². The summed E-state index contributed by atoms with van der Waals surface area (Å²) in [5.41, 5.74) is -0.655. The van der Waals surface area contributed by atoms with Crippen LogP contribution >= 0.6 is 0 Å².